The first-order chi connectivity index (χ1) is 7.95. The third kappa shape index (κ3) is 3.00. The summed E-state index contributed by atoms with van der Waals surface area (Å²) < 4.78 is 31.0. The zero-order chi connectivity index (χ0) is 13.1. The Morgan fingerprint density at radius 2 is 2.00 bits per heavy atom. The van der Waals surface area contributed by atoms with Crippen molar-refractivity contribution in [2.24, 2.45) is 0 Å². The zero-order valence-electron chi connectivity index (χ0n) is 10.2. The predicted octanol–water partition coefficient (Wildman–Crippen LogP) is 1.93. The number of aromatic nitrogens is 1. The topological polar surface area (TPSA) is 63.4 Å². The van der Waals surface area contributed by atoms with Crippen molar-refractivity contribution in [2.45, 2.75) is 32.1 Å². The first kappa shape index (κ1) is 14.5. The lowest BCUT2D eigenvalue weighted by molar-refractivity contribution is 0.388. The molecule has 1 heterocycles. The molecule has 0 aliphatic rings. The number of aryl methyl sites for hydroxylation is 2. The van der Waals surface area contributed by atoms with Crippen LogP contribution in [0.1, 0.15) is 24.8 Å². The summed E-state index contributed by atoms with van der Waals surface area (Å²) in [6.45, 7) is 5.87. The van der Waals surface area contributed by atoms with E-state index >= 15 is 0 Å². The first-order valence-corrected chi connectivity index (χ1v) is 7.41. The van der Waals surface area contributed by atoms with Crippen LogP contribution in [0.3, 0.4) is 0 Å². The van der Waals surface area contributed by atoms with Crippen LogP contribution in [0.4, 0.5) is 0 Å². The van der Waals surface area contributed by atoms with E-state index in [2.05, 4.69) is 5.16 Å². The smallest absolute Gasteiger partial charge is 0.248 e. The van der Waals surface area contributed by atoms with Gasteiger partial charge in [-0.1, -0.05) is 12.1 Å². The van der Waals surface area contributed by atoms with Crippen molar-refractivity contribution < 1.29 is 12.9 Å². The molecule has 0 N–H and O–H groups in total. The van der Waals surface area contributed by atoms with E-state index in [0.29, 0.717) is 24.5 Å². The molecule has 0 unspecified atom stereocenters. The summed E-state index contributed by atoms with van der Waals surface area (Å²) in [5, 5.41) is 3.67. The van der Waals surface area contributed by atoms with Crippen molar-refractivity contribution in [3.05, 3.63) is 11.5 Å². The van der Waals surface area contributed by atoms with Gasteiger partial charge < -0.3 is 4.52 Å². The maximum Gasteiger partial charge on any atom is 0.248 e. The van der Waals surface area contributed by atoms with Gasteiger partial charge in [-0.15, -0.1) is 11.6 Å². The van der Waals surface area contributed by atoms with E-state index in [1.807, 2.05) is 6.92 Å². The molecule has 7 heteroatoms. The highest BCUT2D eigenvalue weighted by molar-refractivity contribution is 7.89. The van der Waals surface area contributed by atoms with Crippen molar-refractivity contribution in [3.63, 3.8) is 0 Å². The Morgan fingerprint density at radius 3 is 2.41 bits per heavy atom. The van der Waals surface area contributed by atoms with Gasteiger partial charge in [0.05, 0.1) is 0 Å². The second-order valence-electron chi connectivity index (χ2n) is 3.75. The van der Waals surface area contributed by atoms with E-state index < -0.39 is 10.0 Å². The molecule has 5 nitrogen and oxygen atoms in total. The molecule has 17 heavy (non-hydrogen) atoms. The highest BCUT2D eigenvalue weighted by atomic mass is 35.5. The minimum absolute atomic E-state index is 0.163. The van der Waals surface area contributed by atoms with Gasteiger partial charge in [-0.2, -0.15) is 4.31 Å². The largest absolute Gasteiger partial charge is 0.360 e. The Kier molecular flexibility index (Phi) is 4.97. The zero-order valence-corrected chi connectivity index (χ0v) is 11.8. The molecule has 0 aliphatic carbocycles. The van der Waals surface area contributed by atoms with Gasteiger partial charge in [-0.25, -0.2) is 8.42 Å². The van der Waals surface area contributed by atoms with Crippen LogP contribution in [0, 0.1) is 13.8 Å². The van der Waals surface area contributed by atoms with Gasteiger partial charge in [-0.3, -0.25) is 0 Å². The Morgan fingerprint density at radius 1 is 1.35 bits per heavy atom. The number of nitrogens with zero attached hydrogens (tertiary/aromatic N) is 2. The lowest BCUT2D eigenvalue weighted by atomic mass is 10.4. The maximum atomic E-state index is 12.4. The number of hydrogen-bond acceptors (Lipinski definition) is 4. The normalized spacial score (nSPS) is 12.3. The quantitative estimate of drug-likeness (QED) is 0.747. The van der Waals surface area contributed by atoms with E-state index in [1.54, 1.807) is 13.8 Å². The number of halogens is 1. The highest BCUT2D eigenvalue weighted by Crippen LogP contribution is 2.23. The van der Waals surface area contributed by atoms with Gasteiger partial charge in [0.2, 0.25) is 10.0 Å². The molecule has 0 atom stereocenters. The van der Waals surface area contributed by atoms with Crippen LogP contribution in [0.15, 0.2) is 9.42 Å². The predicted molar refractivity (Wildman–Crippen MR) is 65.7 cm³/mol. The lowest BCUT2D eigenvalue weighted by Crippen LogP contribution is -2.34. The molecule has 0 bridgehead atoms. The molecular weight excluding hydrogens is 264 g/mol. The average Bonchev–Trinajstić information content (AvgIpc) is 2.58. The van der Waals surface area contributed by atoms with Gasteiger partial charge in [0.25, 0.3) is 0 Å². The summed E-state index contributed by atoms with van der Waals surface area (Å²) >= 11 is 5.63. The minimum atomic E-state index is -3.55. The van der Waals surface area contributed by atoms with Crippen LogP contribution in [0.25, 0.3) is 0 Å². The molecule has 1 aromatic heterocycles. The van der Waals surface area contributed by atoms with Crippen molar-refractivity contribution >= 4 is 21.6 Å². The monoisotopic (exact) mass is 280 g/mol. The highest BCUT2D eigenvalue weighted by Gasteiger charge is 2.29. The Bertz CT molecular complexity index is 444. The van der Waals surface area contributed by atoms with Crippen LogP contribution in [0.5, 0.6) is 0 Å². The van der Waals surface area contributed by atoms with Gasteiger partial charge >= 0.3 is 0 Å². The van der Waals surface area contributed by atoms with Crippen LogP contribution >= 0.6 is 11.6 Å². The molecule has 0 fully saturated rings. The van der Waals surface area contributed by atoms with Crippen molar-refractivity contribution in [2.75, 3.05) is 19.0 Å². The van der Waals surface area contributed by atoms with Crippen molar-refractivity contribution in [1.29, 1.82) is 0 Å². The van der Waals surface area contributed by atoms with Crippen LogP contribution in [-0.4, -0.2) is 36.8 Å². The van der Waals surface area contributed by atoms with E-state index in [0.717, 1.165) is 6.42 Å². The van der Waals surface area contributed by atoms with Gasteiger partial charge in [0.1, 0.15) is 10.6 Å². The van der Waals surface area contributed by atoms with E-state index in [-0.39, 0.29) is 10.8 Å². The molecule has 0 spiro atoms. The molecule has 0 aliphatic heterocycles. The fourth-order valence-electron chi connectivity index (χ4n) is 1.67. The standard InChI is InChI=1S/C10H17ClN2O3S/c1-4-6-13(7-5-11)17(14,15)10-8(2)12-16-9(10)3/h4-7H2,1-3H3. The summed E-state index contributed by atoms with van der Waals surface area (Å²) in [5.41, 5.74) is 0.387. The van der Waals surface area contributed by atoms with E-state index in [4.69, 9.17) is 16.1 Å². The lowest BCUT2D eigenvalue weighted by Gasteiger charge is -2.20. The van der Waals surface area contributed by atoms with Gasteiger partial charge in [0, 0.05) is 19.0 Å². The summed E-state index contributed by atoms with van der Waals surface area (Å²) in [6.07, 6.45) is 0.736. The Hall–Kier alpha value is -0.590. The number of alkyl halides is 1. The maximum absolute atomic E-state index is 12.4. The fourth-order valence-corrected chi connectivity index (χ4v) is 3.80. The molecule has 0 aromatic carbocycles. The van der Waals surface area contributed by atoms with Crippen LogP contribution in [0.2, 0.25) is 0 Å². The molecule has 1 rings (SSSR count). The van der Waals surface area contributed by atoms with E-state index in [1.165, 1.54) is 4.31 Å². The SMILES string of the molecule is CCCN(CCCl)S(=O)(=O)c1c(C)noc1C. The minimum Gasteiger partial charge on any atom is -0.360 e. The van der Waals surface area contributed by atoms with E-state index in [9.17, 15) is 8.42 Å². The first-order valence-electron chi connectivity index (χ1n) is 5.44. The summed E-state index contributed by atoms with van der Waals surface area (Å²) in [7, 11) is -3.55. The number of rotatable bonds is 6. The van der Waals surface area contributed by atoms with Gasteiger partial charge in [-0.05, 0) is 20.3 Å². The Labute approximate surface area is 107 Å². The number of sulfonamides is 1. The molecule has 1 aromatic rings. The second kappa shape index (κ2) is 5.84. The van der Waals surface area contributed by atoms with Crippen molar-refractivity contribution in [1.82, 2.24) is 9.46 Å². The third-order valence-electron chi connectivity index (χ3n) is 2.37. The van der Waals surface area contributed by atoms with Crippen LogP contribution in [-0.2, 0) is 10.0 Å². The molecule has 98 valence electrons. The molecule has 0 saturated carbocycles. The summed E-state index contributed by atoms with van der Waals surface area (Å²) in [6, 6.07) is 0. The second-order valence-corrected chi connectivity index (χ2v) is 6.00. The van der Waals surface area contributed by atoms with Gasteiger partial charge in [0.15, 0.2) is 5.76 Å². The summed E-state index contributed by atoms with van der Waals surface area (Å²) in [5.74, 6) is 0.584. The molecule has 0 radical (unpaired) electrons. The third-order valence-corrected chi connectivity index (χ3v) is 4.69. The van der Waals surface area contributed by atoms with Crippen LogP contribution < -0.4 is 0 Å². The molecule has 0 amide bonds. The summed E-state index contributed by atoms with van der Waals surface area (Å²) in [4.78, 5) is 0.163. The molecule has 0 saturated heterocycles. The average molecular weight is 281 g/mol. The van der Waals surface area contributed by atoms with Crippen molar-refractivity contribution in [3.8, 4) is 0 Å². The Balaban J connectivity index is 3.16. The molecular formula is C10H17ClN2O3S. The fraction of sp³-hybridized carbons (Fsp3) is 0.700. The number of hydrogen-bond donors (Lipinski definition) is 0.